The van der Waals surface area contributed by atoms with Crippen molar-refractivity contribution >= 4 is 17.0 Å². The Labute approximate surface area is 242 Å². The van der Waals surface area contributed by atoms with Crippen LogP contribution in [0.25, 0.3) is 22.6 Å². The highest BCUT2D eigenvalue weighted by Crippen LogP contribution is 2.31. The van der Waals surface area contributed by atoms with Gasteiger partial charge in [-0.15, -0.1) is 0 Å². The molecular weight excluding hydrogens is 541 g/mol. The van der Waals surface area contributed by atoms with Crippen LogP contribution < -0.4 is 5.32 Å². The zero-order chi connectivity index (χ0) is 29.4. The molecule has 2 aromatic carbocycles. The molecule has 0 aliphatic carbocycles. The summed E-state index contributed by atoms with van der Waals surface area (Å²) in [6.45, 7) is 7.12. The minimum Gasteiger partial charge on any atom is -0.365 e. The number of nitrogens with one attached hydrogen (secondary N) is 1. The molecule has 218 valence electrons. The van der Waals surface area contributed by atoms with Gasteiger partial charge in [-0.3, -0.25) is 9.58 Å². The topological polar surface area (TPSA) is 76.7 Å². The molecule has 0 radical (unpaired) electrons. The summed E-state index contributed by atoms with van der Waals surface area (Å²) in [6, 6.07) is 15.9. The van der Waals surface area contributed by atoms with Crippen LogP contribution >= 0.6 is 0 Å². The van der Waals surface area contributed by atoms with Gasteiger partial charge in [0.1, 0.15) is 5.52 Å². The molecule has 6 rings (SSSR count). The van der Waals surface area contributed by atoms with E-state index in [4.69, 9.17) is 9.97 Å². The van der Waals surface area contributed by atoms with Crippen LogP contribution in [-0.2, 0) is 26.3 Å². The first-order chi connectivity index (χ1) is 20.2. The molecule has 0 atom stereocenters. The number of rotatable bonds is 7. The van der Waals surface area contributed by atoms with Crippen molar-refractivity contribution in [3.05, 3.63) is 89.0 Å². The third kappa shape index (κ3) is 5.74. The molecule has 4 heterocycles. The first kappa shape index (κ1) is 27.9. The molecule has 0 unspecified atom stereocenters. The fourth-order valence-corrected chi connectivity index (χ4v) is 5.64. The van der Waals surface area contributed by atoms with E-state index in [2.05, 4.69) is 44.6 Å². The molecule has 42 heavy (non-hydrogen) atoms. The fraction of sp³-hybridized carbons (Fsp3) is 0.355. The van der Waals surface area contributed by atoms with Crippen LogP contribution in [0.1, 0.15) is 40.9 Å². The van der Waals surface area contributed by atoms with E-state index in [0.29, 0.717) is 29.4 Å². The fourth-order valence-electron chi connectivity index (χ4n) is 5.64. The summed E-state index contributed by atoms with van der Waals surface area (Å²) < 4.78 is 42.9. The zero-order valence-electron chi connectivity index (χ0n) is 23.9. The third-order valence-electron chi connectivity index (χ3n) is 8.01. The van der Waals surface area contributed by atoms with E-state index in [-0.39, 0.29) is 6.04 Å². The number of fused-ring (bicyclic) bond motifs is 1. The summed E-state index contributed by atoms with van der Waals surface area (Å²) in [7, 11) is 1.89. The highest BCUT2D eigenvalue weighted by molar-refractivity contribution is 5.85. The van der Waals surface area contributed by atoms with Crippen molar-refractivity contribution in [3.8, 4) is 11.4 Å². The molecule has 0 saturated carbocycles. The van der Waals surface area contributed by atoms with E-state index < -0.39 is 11.7 Å². The van der Waals surface area contributed by atoms with Crippen molar-refractivity contribution in [1.29, 1.82) is 0 Å². The van der Waals surface area contributed by atoms with E-state index in [0.717, 1.165) is 67.1 Å². The standard InChI is InChI=1S/C31H33F3N8/c1-20-26(21(2)40(3)39-20)28-37-29(36-25-13-15-41(16-14-25)17-22-7-5-4-6-8-22)27-30(38-28)42(19-35-27)18-23-9-11-24(12-10-23)31(32,33)34/h4-12,19,25H,13-18H2,1-3H3,(H,36,37,38). The molecule has 1 N–H and O–H groups in total. The normalized spacial score (nSPS) is 15.0. The van der Waals surface area contributed by atoms with Gasteiger partial charge in [-0.05, 0) is 49.9 Å². The Morgan fingerprint density at radius 3 is 2.24 bits per heavy atom. The molecular formula is C31H33F3N8. The molecule has 3 aromatic heterocycles. The number of anilines is 1. The Bertz CT molecular complexity index is 1680. The lowest BCUT2D eigenvalue weighted by molar-refractivity contribution is -0.137. The van der Waals surface area contributed by atoms with E-state index in [9.17, 15) is 13.2 Å². The second kappa shape index (κ2) is 11.2. The Morgan fingerprint density at radius 1 is 0.905 bits per heavy atom. The summed E-state index contributed by atoms with van der Waals surface area (Å²) in [5.41, 5.74) is 5.24. The van der Waals surface area contributed by atoms with Gasteiger partial charge in [-0.2, -0.15) is 18.3 Å². The van der Waals surface area contributed by atoms with Crippen molar-refractivity contribution < 1.29 is 13.2 Å². The predicted molar refractivity (Wildman–Crippen MR) is 156 cm³/mol. The van der Waals surface area contributed by atoms with Gasteiger partial charge in [-0.25, -0.2) is 15.0 Å². The number of benzene rings is 2. The number of likely N-dealkylation sites (tertiary alicyclic amines) is 1. The Hall–Kier alpha value is -4.25. The van der Waals surface area contributed by atoms with Crippen LogP contribution in [-0.4, -0.2) is 53.3 Å². The minimum absolute atomic E-state index is 0.221. The SMILES string of the molecule is Cc1nn(C)c(C)c1-c1nc(NC2CCN(Cc3ccccc3)CC2)c2ncn(Cc3ccc(C(F)(F)F)cc3)c2n1. The van der Waals surface area contributed by atoms with Crippen LogP contribution in [0.5, 0.6) is 0 Å². The Balaban J connectivity index is 1.29. The number of hydrogen-bond acceptors (Lipinski definition) is 6. The number of nitrogens with zero attached hydrogens (tertiary/aromatic N) is 7. The van der Waals surface area contributed by atoms with E-state index in [1.807, 2.05) is 36.2 Å². The molecule has 1 fully saturated rings. The van der Waals surface area contributed by atoms with Gasteiger partial charge in [0.2, 0.25) is 0 Å². The summed E-state index contributed by atoms with van der Waals surface area (Å²) in [4.78, 5) is 17.0. The number of imidazole rings is 1. The highest BCUT2D eigenvalue weighted by atomic mass is 19.4. The average Bonchev–Trinajstić information content (AvgIpc) is 3.48. The second-order valence-corrected chi connectivity index (χ2v) is 11.0. The first-order valence-corrected chi connectivity index (χ1v) is 14.1. The monoisotopic (exact) mass is 574 g/mol. The van der Waals surface area contributed by atoms with Gasteiger partial charge in [0.15, 0.2) is 17.3 Å². The maximum Gasteiger partial charge on any atom is 0.416 e. The predicted octanol–water partition coefficient (Wildman–Crippen LogP) is 5.99. The maximum atomic E-state index is 13.1. The van der Waals surface area contributed by atoms with Crippen molar-refractivity contribution in [2.24, 2.45) is 7.05 Å². The molecule has 1 aliphatic rings. The lowest BCUT2D eigenvalue weighted by Crippen LogP contribution is -2.38. The van der Waals surface area contributed by atoms with Crippen molar-refractivity contribution in [2.75, 3.05) is 18.4 Å². The first-order valence-electron chi connectivity index (χ1n) is 14.1. The van der Waals surface area contributed by atoms with Gasteiger partial charge in [0.25, 0.3) is 0 Å². The summed E-state index contributed by atoms with van der Waals surface area (Å²) in [6.07, 6.45) is -0.771. The lowest BCUT2D eigenvalue weighted by atomic mass is 10.0. The highest BCUT2D eigenvalue weighted by Gasteiger charge is 2.30. The van der Waals surface area contributed by atoms with E-state index >= 15 is 0 Å². The van der Waals surface area contributed by atoms with Gasteiger partial charge >= 0.3 is 6.18 Å². The molecule has 0 amide bonds. The van der Waals surface area contributed by atoms with Crippen LogP contribution in [0.4, 0.5) is 19.0 Å². The van der Waals surface area contributed by atoms with Gasteiger partial charge < -0.3 is 9.88 Å². The summed E-state index contributed by atoms with van der Waals surface area (Å²) in [5.74, 6) is 1.20. The molecule has 8 nitrogen and oxygen atoms in total. The maximum absolute atomic E-state index is 13.1. The number of halogens is 3. The molecule has 5 aromatic rings. The Morgan fingerprint density at radius 2 is 1.60 bits per heavy atom. The number of hydrogen-bond donors (Lipinski definition) is 1. The summed E-state index contributed by atoms with van der Waals surface area (Å²) in [5, 5.41) is 8.22. The average molecular weight is 575 g/mol. The second-order valence-electron chi connectivity index (χ2n) is 11.0. The summed E-state index contributed by atoms with van der Waals surface area (Å²) >= 11 is 0. The zero-order valence-corrected chi connectivity index (χ0v) is 23.9. The largest absolute Gasteiger partial charge is 0.416 e. The van der Waals surface area contributed by atoms with E-state index in [1.165, 1.54) is 17.7 Å². The minimum atomic E-state index is -4.37. The van der Waals surface area contributed by atoms with Crippen LogP contribution in [0, 0.1) is 13.8 Å². The van der Waals surface area contributed by atoms with Crippen LogP contribution in [0.2, 0.25) is 0 Å². The van der Waals surface area contributed by atoms with Crippen LogP contribution in [0.3, 0.4) is 0 Å². The molecule has 0 spiro atoms. The number of piperidine rings is 1. The van der Waals surface area contributed by atoms with Gasteiger partial charge in [0, 0.05) is 38.4 Å². The Kier molecular flexibility index (Phi) is 7.44. The van der Waals surface area contributed by atoms with Crippen molar-refractivity contribution in [1.82, 2.24) is 34.2 Å². The third-order valence-corrected chi connectivity index (χ3v) is 8.01. The molecule has 1 aliphatic heterocycles. The molecule has 1 saturated heterocycles. The number of aromatic nitrogens is 6. The van der Waals surface area contributed by atoms with Gasteiger partial charge in [0.05, 0.1) is 29.7 Å². The van der Waals surface area contributed by atoms with Crippen molar-refractivity contribution in [3.63, 3.8) is 0 Å². The smallest absolute Gasteiger partial charge is 0.365 e. The quantitative estimate of drug-likeness (QED) is 0.258. The van der Waals surface area contributed by atoms with E-state index in [1.54, 1.807) is 6.33 Å². The van der Waals surface area contributed by atoms with Crippen LogP contribution in [0.15, 0.2) is 60.9 Å². The number of aryl methyl sites for hydroxylation is 2. The van der Waals surface area contributed by atoms with Crippen molar-refractivity contribution in [2.45, 2.75) is 52.0 Å². The lowest BCUT2D eigenvalue weighted by Gasteiger charge is -2.32. The van der Waals surface area contributed by atoms with Gasteiger partial charge in [-0.1, -0.05) is 42.5 Å². The number of alkyl halides is 3. The molecule has 0 bridgehead atoms. The molecule has 11 heteroatoms.